The molecule has 1 amide bonds. The quantitative estimate of drug-likeness (QED) is 0.201. The van der Waals surface area contributed by atoms with E-state index in [0.717, 1.165) is 18.5 Å². The fourth-order valence-corrected chi connectivity index (χ4v) is 4.61. The minimum absolute atomic E-state index is 0.124. The van der Waals surface area contributed by atoms with Crippen molar-refractivity contribution in [1.82, 2.24) is 4.90 Å². The zero-order valence-electron chi connectivity index (χ0n) is 23.3. The lowest BCUT2D eigenvalue weighted by molar-refractivity contribution is -0.141. The first-order valence-electron chi connectivity index (χ1n) is 14.0. The van der Waals surface area contributed by atoms with Crippen molar-refractivity contribution in [3.05, 3.63) is 95.6 Å². The largest absolute Gasteiger partial charge is 0.492 e. The van der Waals surface area contributed by atoms with Gasteiger partial charge in [0, 0.05) is 36.2 Å². The van der Waals surface area contributed by atoms with E-state index >= 15 is 0 Å². The summed E-state index contributed by atoms with van der Waals surface area (Å²) < 4.78 is 11.0. The van der Waals surface area contributed by atoms with Crippen LogP contribution in [0, 0.1) is 5.92 Å². The molecule has 0 spiro atoms. The molecule has 3 aromatic rings. The molecule has 0 aromatic heterocycles. The summed E-state index contributed by atoms with van der Waals surface area (Å²) in [7, 11) is 1.35. The second kappa shape index (κ2) is 14.3. The van der Waals surface area contributed by atoms with Crippen LogP contribution in [0.1, 0.15) is 54.1 Å². The van der Waals surface area contributed by atoms with E-state index in [2.05, 4.69) is 5.32 Å². The van der Waals surface area contributed by atoms with Crippen molar-refractivity contribution in [2.45, 2.75) is 45.1 Å². The summed E-state index contributed by atoms with van der Waals surface area (Å²) in [5, 5.41) is 3.24. The van der Waals surface area contributed by atoms with Crippen LogP contribution in [0.15, 0.2) is 78.9 Å². The van der Waals surface area contributed by atoms with Gasteiger partial charge >= 0.3 is 5.97 Å². The van der Waals surface area contributed by atoms with E-state index in [0.29, 0.717) is 54.5 Å². The number of carbonyl (C=O) groups excluding carboxylic acids is 3. The minimum atomic E-state index is -0.693. The maximum Gasteiger partial charge on any atom is 0.328 e. The molecule has 210 valence electrons. The summed E-state index contributed by atoms with van der Waals surface area (Å²) in [6, 6.07) is 23.1. The smallest absolute Gasteiger partial charge is 0.328 e. The van der Waals surface area contributed by atoms with Gasteiger partial charge in [0.25, 0.3) is 0 Å². The topological polar surface area (TPSA) is 84.9 Å². The Hall–Kier alpha value is -4.13. The number of nitrogens with one attached hydrogen (secondary N) is 1. The number of methoxy groups -OCH3 is 1. The fraction of sp³-hybridized carbons (Fsp3) is 0.364. The molecular weight excluding hydrogens is 504 g/mol. The second-order valence-corrected chi connectivity index (χ2v) is 10.2. The van der Waals surface area contributed by atoms with Gasteiger partial charge in [0.15, 0.2) is 5.78 Å². The highest BCUT2D eigenvalue weighted by Gasteiger charge is 2.26. The Bertz CT molecular complexity index is 1270. The first kappa shape index (κ1) is 28.9. The molecule has 7 nitrogen and oxygen atoms in total. The number of benzene rings is 3. The average Bonchev–Trinajstić information content (AvgIpc) is 3.81. The standard InChI is InChI=1S/C33H38N2O5/c1-3-9-31(36)35(23-25-14-15-25)20-21-40-27-18-16-24(17-19-27)22-30(33(38)39-2)34-29-13-8-7-12-28(29)32(37)26-10-5-4-6-11-26/h4-8,10-13,16-19,25,30,34H,3,9,14-15,20-23H2,1-2H3/t30-/m0/s1. The van der Waals surface area contributed by atoms with Crippen LogP contribution < -0.4 is 10.1 Å². The molecule has 0 bridgehead atoms. The van der Waals surface area contributed by atoms with Crippen molar-refractivity contribution in [3.8, 4) is 5.75 Å². The van der Waals surface area contributed by atoms with Gasteiger partial charge in [-0.2, -0.15) is 0 Å². The van der Waals surface area contributed by atoms with Crippen LogP contribution >= 0.6 is 0 Å². The number of ketones is 1. The van der Waals surface area contributed by atoms with E-state index in [9.17, 15) is 14.4 Å². The number of esters is 1. The molecular formula is C33H38N2O5. The van der Waals surface area contributed by atoms with E-state index in [4.69, 9.17) is 9.47 Å². The monoisotopic (exact) mass is 542 g/mol. The molecule has 1 aliphatic rings. The van der Waals surface area contributed by atoms with Gasteiger partial charge in [-0.15, -0.1) is 0 Å². The average molecular weight is 543 g/mol. The van der Waals surface area contributed by atoms with Gasteiger partial charge < -0.3 is 19.7 Å². The molecule has 0 aliphatic heterocycles. The molecule has 1 fully saturated rings. The number of nitrogens with zero attached hydrogens (tertiary/aromatic N) is 1. The van der Waals surface area contributed by atoms with Crippen molar-refractivity contribution in [3.63, 3.8) is 0 Å². The van der Waals surface area contributed by atoms with Gasteiger partial charge in [-0.1, -0.05) is 61.5 Å². The van der Waals surface area contributed by atoms with Crippen LogP contribution in [0.2, 0.25) is 0 Å². The number of hydrogen-bond donors (Lipinski definition) is 1. The van der Waals surface area contributed by atoms with E-state index in [1.807, 2.05) is 60.4 Å². The first-order valence-corrected chi connectivity index (χ1v) is 14.0. The number of para-hydroxylation sites is 1. The van der Waals surface area contributed by atoms with Crippen molar-refractivity contribution in [2.75, 3.05) is 32.1 Å². The predicted octanol–water partition coefficient (Wildman–Crippen LogP) is 5.53. The zero-order chi connectivity index (χ0) is 28.3. The van der Waals surface area contributed by atoms with Crippen LogP contribution in [0.5, 0.6) is 5.75 Å². The Morgan fingerprint density at radius 2 is 1.65 bits per heavy atom. The van der Waals surface area contributed by atoms with Crippen LogP contribution in [0.4, 0.5) is 5.69 Å². The summed E-state index contributed by atoms with van der Waals surface area (Å²) >= 11 is 0. The van der Waals surface area contributed by atoms with E-state index in [-0.39, 0.29) is 11.7 Å². The highest BCUT2D eigenvalue weighted by atomic mass is 16.5. The van der Waals surface area contributed by atoms with Gasteiger partial charge in [-0.3, -0.25) is 9.59 Å². The molecule has 0 radical (unpaired) electrons. The minimum Gasteiger partial charge on any atom is -0.492 e. The van der Waals surface area contributed by atoms with E-state index < -0.39 is 12.0 Å². The van der Waals surface area contributed by atoms with E-state index in [1.165, 1.54) is 20.0 Å². The van der Waals surface area contributed by atoms with Crippen LogP contribution in [-0.2, 0) is 20.7 Å². The van der Waals surface area contributed by atoms with Gasteiger partial charge in [0.05, 0.1) is 13.7 Å². The molecule has 0 saturated heterocycles. The Labute approximate surface area is 236 Å². The van der Waals surface area contributed by atoms with Crippen molar-refractivity contribution in [2.24, 2.45) is 5.92 Å². The molecule has 7 heteroatoms. The van der Waals surface area contributed by atoms with Crippen LogP contribution in [0.25, 0.3) is 0 Å². The molecule has 1 N–H and O–H groups in total. The maximum absolute atomic E-state index is 13.1. The van der Waals surface area contributed by atoms with Gasteiger partial charge in [-0.25, -0.2) is 4.79 Å². The lowest BCUT2D eigenvalue weighted by Gasteiger charge is -2.23. The molecule has 3 aromatic carbocycles. The lowest BCUT2D eigenvalue weighted by atomic mass is 10.00. The molecule has 0 heterocycles. The van der Waals surface area contributed by atoms with Gasteiger partial charge in [0.1, 0.15) is 18.4 Å². The second-order valence-electron chi connectivity index (χ2n) is 10.2. The normalized spacial score (nSPS) is 13.2. The Morgan fingerprint density at radius 3 is 2.33 bits per heavy atom. The van der Waals surface area contributed by atoms with E-state index in [1.54, 1.807) is 30.3 Å². The molecule has 40 heavy (non-hydrogen) atoms. The summed E-state index contributed by atoms with van der Waals surface area (Å²) in [5.41, 5.74) is 2.54. The number of hydrogen-bond acceptors (Lipinski definition) is 6. The Morgan fingerprint density at radius 1 is 0.950 bits per heavy atom. The van der Waals surface area contributed by atoms with Gasteiger partial charge in [0.2, 0.25) is 5.91 Å². The number of ether oxygens (including phenoxy) is 2. The molecule has 1 aliphatic carbocycles. The third kappa shape index (κ3) is 8.18. The number of rotatable bonds is 15. The number of carbonyl (C=O) groups is 3. The molecule has 1 saturated carbocycles. The lowest BCUT2D eigenvalue weighted by Crippen LogP contribution is -2.36. The molecule has 0 unspecified atom stereocenters. The number of amides is 1. The highest BCUT2D eigenvalue weighted by molar-refractivity contribution is 6.12. The fourth-order valence-electron chi connectivity index (χ4n) is 4.61. The van der Waals surface area contributed by atoms with Crippen LogP contribution in [0.3, 0.4) is 0 Å². The zero-order valence-corrected chi connectivity index (χ0v) is 23.3. The Kier molecular flexibility index (Phi) is 10.3. The van der Waals surface area contributed by atoms with Crippen molar-refractivity contribution < 1.29 is 23.9 Å². The third-order valence-corrected chi connectivity index (χ3v) is 7.01. The Balaban J connectivity index is 1.38. The SMILES string of the molecule is CCCC(=O)N(CCOc1ccc(C[C@H](Nc2ccccc2C(=O)c2ccccc2)C(=O)OC)cc1)CC1CC1. The molecule has 4 rings (SSSR count). The summed E-state index contributed by atoms with van der Waals surface area (Å²) in [4.78, 5) is 40.2. The molecule has 1 atom stereocenters. The predicted molar refractivity (Wildman–Crippen MR) is 156 cm³/mol. The van der Waals surface area contributed by atoms with Crippen LogP contribution in [-0.4, -0.2) is 55.4 Å². The summed E-state index contributed by atoms with van der Waals surface area (Å²) in [6.45, 7) is 3.85. The van der Waals surface area contributed by atoms with Crippen molar-refractivity contribution >= 4 is 23.3 Å². The maximum atomic E-state index is 13.1. The summed E-state index contributed by atoms with van der Waals surface area (Å²) in [6.07, 6.45) is 4.19. The number of anilines is 1. The highest BCUT2D eigenvalue weighted by Crippen LogP contribution is 2.30. The first-order chi connectivity index (χ1) is 19.5. The third-order valence-electron chi connectivity index (χ3n) is 7.01. The van der Waals surface area contributed by atoms with Crippen molar-refractivity contribution in [1.29, 1.82) is 0 Å². The van der Waals surface area contributed by atoms with Gasteiger partial charge in [-0.05, 0) is 55.0 Å². The summed E-state index contributed by atoms with van der Waals surface area (Å²) in [5.74, 6) is 0.997.